The van der Waals surface area contributed by atoms with Crippen LogP contribution in [-0.2, 0) is 0 Å². The van der Waals surface area contributed by atoms with Crippen molar-refractivity contribution in [3.63, 3.8) is 0 Å². The van der Waals surface area contributed by atoms with E-state index in [0.29, 0.717) is 16.3 Å². The average Bonchev–Trinajstić information content (AvgIpc) is 2.29. The summed E-state index contributed by atoms with van der Waals surface area (Å²) in [4.78, 5) is 0. The molecule has 0 aromatic heterocycles. The van der Waals surface area contributed by atoms with Gasteiger partial charge in [-0.3, -0.25) is 0 Å². The van der Waals surface area contributed by atoms with Gasteiger partial charge in [-0.1, -0.05) is 15.9 Å². The molecule has 0 aliphatic carbocycles. The normalized spacial score (nSPS) is 10.4. The van der Waals surface area contributed by atoms with E-state index in [1.54, 1.807) is 18.2 Å². The van der Waals surface area contributed by atoms with Crippen molar-refractivity contribution in [2.45, 2.75) is 0 Å². The zero-order valence-electron chi connectivity index (χ0n) is 8.88. The second-order valence-corrected chi connectivity index (χ2v) is 5.25. The topological polar surface area (TPSA) is 35.2 Å². The van der Waals surface area contributed by atoms with Crippen LogP contribution in [0.25, 0.3) is 0 Å². The number of hydrogen-bond acceptors (Lipinski definition) is 2. The van der Waals surface area contributed by atoms with Crippen LogP contribution in [0.1, 0.15) is 0 Å². The summed E-state index contributed by atoms with van der Waals surface area (Å²) in [7, 11) is 0. The molecule has 94 valence electrons. The summed E-state index contributed by atoms with van der Waals surface area (Å²) in [5.74, 6) is -1.24. The molecule has 0 saturated heterocycles. The van der Waals surface area contributed by atoms with Gasteiger partial charge in [0.25, 0.3) is 0 Å². The lowest BCUT2D eigenvalue weighted by Gasteiger charge is -2.11. The number of hydrogen-bond donors (Lipinski definition) is 1. The maximum absolute atomic E-state index is 13.2. The number of ether oxygens (including phenoxy) is 1. The first-order valence-electron chi connectivity index (χ1n) is 4.85. The molecule has 0 atom stereocenters. The Kier molecular flexibility index (Phi) is 3.87. The van der Waals surface area contributed by atoms with E-state index < -0.39 is 11.6 Å². The minimum atomic E-state index is -0.849. The summed E-state index contributed by atoms with van der Waals surface area (Å²) in [6, 6.07) is 6.88. The quantitative estimate of drug-likeness (QED) is 0.757. The predicted molar refractivity (Wildman–Crippen MR) is 72.7 cm³/mol. The smallest absolute Gasteiger partial charge is 0.156 e. The van der Waals surface area contributed by atoms with Crippen LogP contribution >= 0.6 is 31.9 Å². The molecule has 2 aromatic carbocycles. The minimum absolute atomic E-state index is 0.0597. The number of nitrogens with two attached hydrogens (primary N) is 1. The number of benzene rings is 2. The molecule has 2 N–H and O–H groups in total. The highest BCUT2D eigenvalue weighted by molar-refractivity contribution is 9.11. The molecule has 0 radical (unpaired) electrons. The van der Waals surface area contributed by atoms with Crippen molar-refractivity contribution in [3.8, 4) is 11.5 Å². The van der Waals surface area contributed by atoms with E-state index >= 15 is 0 Å². The first kappa shape index (κ1) is 13.3. The Bertz CT molecular complexity index is 605. The van der Waals surface area contributed by atoms with E-state index in [9.17, 15) is 8.78 Å². The van der Waals surface area contributed by atoms with Crippen LogP contribution in [0.15, 0.2) is 39.3 Å². The monoisotopic (exact) mass is 377 g/mol. The predicted octanol–water partition coefficient (Wildman–Crippen LogP) is 4.86. The molecule has 2 rings (SSSR count). The molecule has 0 bridgehead atoms. The fourth-order valence-electron chi connectivity index (χ4n) is 1.32. The molecule has 2 nitrogen and oxygen atoms in total. The van der Waals surface area contributed by atoms with Crippen molar-refractivity contribution in [2.75, 3.05) is 5.73 Å². The Morgan fingerprint density at radius 3 is 2.39 bits per heavy atom. The lowest BCUT2D eigenvalue weighted by molar-refractivity contribution is 0.469. The van der Waals surface area contributed by atoms with Crippen molar-refractivity contribution in [3.05, 3.63) is 50.9 Å². The van der Waals surface area contributed by atoms with E-state index in [1.165, 1.54) is 0 Å². The Balaban J connectivity index is 2.40. The molecular weight excluding hydrogens is 372 g/mol. The van der Waals surface area contributed by atoms with Crippen LogP contribution in [0.5, 0.6) is 11.5 Å². The summed E-state index contributed by atoms with van der Waals surface area (Å²) in [5.41, 5.74) is 5.26. The van der Waals surface area contributed by atoms with Crippen molar-refractivity contribution in [2.24, 2.45) is 0 Å². The van der Waals surface area contributed by atoms with Crippen LogP contribution < -0.4 is 10.5 Å². The van der Waals surface area contributed by atoms with Gasteiger partial charge in [-0.2, -0.15) is 0 Å². The standard InChI is InChI=1S/C12H7Br2F2NO/c13-6-1-2-10(8(14)3-6)18-11-5-7(15)4-9(16)12(11)17/h1-5H,17H2. The Morgan fingerprint density at radius 1 is 1.00 bits per heavy atom. The lowest BCUT2D eigenvalue weighted by atomic mass is 10.2. The molecule has 2 aromatic rings. The first-order chi connectivity index (χ1) is 8.47. The molecular formula is C12H7Br2F2NO. The molecule has 0 aliphatic rings. The summed E-state index contributed by atoms with van der Waals surface area (Å²) in [5, 5.41) is 0. The molecule has 0 unspecified atom stereocenters. The average molecular weight is 379 g/mol. The molecule has 0 spiro atoms. The largest absolute Gasteiger partial charge is 0.454 e. The van der Waals surface area contributed by atoms with Crippen molar-refractivity contribution < 1.29 is 13.5 Å². The Morgan fingerprint density at radius 2 is 1.72 bits per heavy atom. The van der Waals surface area contributed by atoms with Crippen LogP contribution in [0.2, 0.25) is 0 Å². The molecule has 0 aliphatic heterocycles. The van der Waals surface area contributed by atoms with Gasteiger partial charge in [0.1, 0.15) is 17.3 Å². The minimum Gasteiger partial charge on any atom is -0.454 e. The SMILES string of the molecule is Nc1c(F)cc(F)cc1Oc1ccc(Br)cc1Br. The van der Waals surface area contributed by atoms with Crippen LogP contribution in [-0.4, -0.2) is 0 Å². The summed E-state index contributed by atoms with van der Waals surface area (Å²) in [6.45, 7) is 0. The van der Waals surface area contributed by atoms with Gasteiger partial charge in [-0.05, 0) is 34.1 Å². The molecule has 6 heteroatoms. The van der Waals surface area contributed by atoms with Gasteiger partial charge in [0, 0.05) is 16.6 Å². The molecule has 0 fully saturated rings. The van der Waals surface area contributed by atoms with Crippen molar-refractivity contribution in [1.82, 2.24) is 0 Å². The van der Waals surface area contributed by atoms with E-state index in [1.807, 2.05) is 0 Å². The fourth-order valence-corrected chi connectivity index (χ4v) is 2.45. The Labute approximate surface area is 119 Å². The van der Waals surface area contributed by atoms with Gasteiger partial charge in [-0.15, -0.1) is 0 Å². The van der Waals surface area contributed by atoms with Crippen molar-refractivity contribution in [1.29, 1.82) is 0 Å². The Hall–Kier alpha value is -1.14. The maximum atomic E-state index is 13.2. The van der Waals surface area contributed by atoms with Gasteiger partial charge >= 0.3 is 0 Å². The summed E-state index contributed by atoms with van der Waals surface area (Å²) in [6.07, 6.45) is 0. The molecule has 0 saturated carbocycles. The van der Waals surface area contributed by atoms with Gasteiger partial charge in [0.2, 0.25) is 0 Å². The lowest BCUT2D eigenvalue weighted by Crippen LogP contribution is -1.97. The summed E-state index contributed by atoms with van der Waals surface area (Å²) >= 11 is 6.57. The number of halogens is 4. The van der Waals surface area contributed by atoms with E-state index in [2.05, 4.69) is 31.9 Å². The number of nitrogen functional groups attached to an aromatic ring is 1. The highest BCUT2D eigenvalue weighted by atomic mass is 79.9. The van der Waals surface area contributed by atoms with Crippen LogP contribution in [0.4, 0.5) is 14.5 Å². The van der Waals surface area contributed by atoms with Gasteiger partial charge < -0.3 is 10.5 Å². The molecule has 0 heterocycles. The van der Waals surface area contributed by atoms with Gasteiger partial charge in [-0.25, -0.2) is 8.78 Å². The molecule has 0 amide bonds. The fraction of sp³-hybridized carbons (Fsp3) is 0. The van der Waals surface area contributed by atoms with Crippen LogP contribution in [0.3, 0.4) is 0 Å². The number of rotatable bonds is 2. The zero-order valence-corrected chi connectivity index (χ0v) is 12.1. The third-order valence-corrected chi connectivity index (χ3v) is 3.28. The van der Waals surface area contributed by atoms with E-state index in [4.69, 9.17) is 10.5 Å². The highest BCUT2D eigenvalue weighted by Crippen LogP contribution is 2.35. The second-order valence-electron chi connectivity index (χ2n) is 3.48. The van der Waals surface area contributed by atoms with Gasteiger partial charge in [0.05, 0.1) is 4.47 Å². The van der Waals surface area contributed by atoms with E-state index in [-0.39, 0.29) is 11.4 Å². The van der Waals surface area contributed by atoms with Crippen molar-refractivity contribution >= 4 is 37.5 Å². The first-order valence-corrected chi connectivity index (χ1v) is 6.43. The zero-order chi connectivity index (χ0) is 13.3. The van der Waals surface area contributed by atoms with Gasteiger partial charge in [0.15, 0.2) is 11.6 Å². The third-order valence-electron chi connectivity index (χ3n) is 2.17. The highest BCUT2D eigenvalue weighted by Gasteiger charge is 2.12. The molecule has 18 heavy (non-hydrogen) atoms. The van der Waals surface area contributed by atoms with E-state index in [0.717, 1.165) is 10.5 Å². The number of anilines is 1. The second kappa shape index (κ2) is 5.24. The maximum Gasteiger partial charge on any atom is 0.156 e. The van der Waals surface area contributed by atoms with Crippen LogP contribution in [0, 0.1) is 11.6 Å². The summed E-state index contributed by atoms with van der Waals surface area (Å²) < 4.78 is 33.2. The third kappa shape index (κ3) is 2.81.